The van der Waals surface area contributed by atoms with Crippen LogP contribution in [0.1, 0.15) is 61.9 Å². The second-order valence-corrected chi connectivity index (χ2v) is 6.48. The molecule has 0 aliphatic heterocycles. The quantitative estimate of drug-likeness (QED) is 0.281. The average Bonchev–Trinajstić information content (AvgIpc) is 2.70. The number of benzene rings is 1. The monoisotopic (exact) mass is 376 g/mol. The van der Waals surface area contributed by atoms with E-state index in [1.165, 1.54) is 6.42 Å². The van der Waals surface area contributed by atoms with Gasteiger partial charge in [-0.25, -0.2) is 0 Å². The topological polar surface area (TPSA) is 74.8 Å². The molecule has 0 aromatic heterocycles. The van der Waals surface area contributed by atoms with Crippen molar-refractivity contribution in [2.24, 2.45) is 4.99 Å². The third-order valence-corrected chi connectivity index (χ3v) is 4.12. The molecule has 1 rings (SSSR count). The summed E-state index contributed by atoms with van der Waals surface area (Å²) in [6.07, 6.45) is 5.32. The van der Waals surface area contributed by atoms with Crippen molar-refractivity contribution >= 4 is 11.9 Å². The normalized spacial score (nSPS) is 11.3. The second-order valence-electron chi connectivity index (χ2n) is 6.48. The fraction of sp³-hybridized carbons (Fsp3) is 0.619. The Morgan fingerprint density at radius 3 is 2.26 bits per heavy atom. The second kappa shape index (κ2) is 15.0. The number of ether oxygens (including phenoxy) is 1. The summed E-state index contributed by atoms with van der Waals surface area (Å²) >= 11 is 0. The number of carbonyl (C=O) groups is 1. The maximum atomic E-state index is 12.0. The van der Waals surface area contributed by atoms with E-state index in [0.717, 1.165) is 63.5 Å². The molecular formula is C21H36N4O2. The van der Waals surface area contributed by atoms with Crippen LogP contribution >= 0.6 is 0 Å². The van der Waals surface area contributed by atoms with Crippen LogP contribution in [-0.2, 0) is 11.3 Å². The van der Waals surface area contributed by atoms with E-state index in [9.17, 15) is 4.79 Å². The van der Waals surface area contributed by atoms with E-state index >= 15 is 0 Å². The van der Waals surface area contributed by atoms with Crippen LogP contribution in [0, 0.1) is 0 Å². The highest BCUT2D eigenvalue weighted by Gasteiger charge is 2.05. The summed E-state index contributed by atoms with van der Waals surface area (Å²) in [5.74, 6) is 0.756. The van der Waals surface area contributed by atoms with Gasteiger partial charge in [-0.3, -0.25) is 9.79 Å². The minimum atomic E-state index is -0.0124. The molecule has 0 bridgehead atoms. The zero-order valence-electron chi connectivity index (χ0n) is 17.1. The lowest BCUT2D eigenvalue weighted by molar-refractivity contribution is 0.0953. The molecule has 152 valence electrons. The van der Waals surface area contributed by atoms with Gasteiger partial charge in [0.05, 0.1) is 0 Å². The highest BCUT2D eigenvalue weighted by Crippen LogP contribution is 2.04. The molecule has 0 fully saturated rings. The fourth-order valence-electron chi connectivity index (χ4n) is 2.39. The van der Waals surface area contributed by atoms with Crippen molar-refractivity contribution in [2.75, 3.05) is 33.4 Å². The van der Waals surface area contributed by atoms with Gasteiger partial charge in [-0.1, -0.05) is 38.8 Å². The van der Waals surface area contributed by atoms with Gasteiger partial charge >= 0.3 is 0 Å². The highest BCUT2D eigenvalue weighted by molar-refractivity contribution is 5.94. The molecule has 27 heavy (non-hydrogen) atoms. The zero-order valence-corrected chi connectivity index (χ0v) is 17.1. The van der Waals surface area contributed by atoms with Crippen LogP contribution in [0.2, 0.25) is 0 Å². The van der Waals surface area contributed by atoms with Gasteiger partial charge in [0.25, 0.3) is 5.91 Å². The van der Waals surface area contributed by atoms with E-state index in [-0.39, 0.29) is 5.91 Å². The first kappa shape index (κ1) is 23.0. The lowest BCUT2D eigenvalue weighted by atomic mass is 10.1. The summed E-state index contributed by atoms with van der Waals surface area (Å²) < 4.78 is 5.55. The number of hydrogen-bond donors (Lipinski definition) is 3. The minimum absolute atomic E-state index is 0.0124. The number of nitrogens with one attached hydrogen (secondary N) is 3. The first-order valence-electron chi connectivity index (χ1n) is 10.1. The number of guanidine groups is 1. The summed E-state index contributed by atoms with van der Waals surface area (Å²) in [5, 5.41) is 9.50. The molecule has 0 unspecified atom stereocenters. The molecule has 1 amide bonds. The van der Waals surface area contributed by atoms with Crippen LogP contribution in [0.15, 0.2) is 29.3 Å². The Bertz CT molecular complexity index is 544. The Morgan fingerprint density at radius 1 is 0.926 bits per heavy atom. The van der Waals surface area contributed by atoms with Crippen molar-refractivity contribution in [1.29, 1.82) is 0 Å². The molecule has 0 aliphatic rings. The summed E-state index contributed by atoms with van der Waals surface area (Å²) in [7, 11) is 1.76. The summed E-state index contributed by atoms with van der Waals surface area (Å²) in [5.41, 5.74) is 1.80. The Hall–Kier alpha value is -2.08. The zero-order chi connectivity index (χ0) is 19.7. The SMILES string of the molecule is CCCCNC(=O)c1ccc(CNC(=NC)NCCCOCCCC)cc1. The van der Waals surface area contributed by atoms with Crippen LogP contribution in [-0.4, -0.2) is 45.2 Å². The lowest BCUT2D eigenvalue weighted by Gasteiger charge is -2.12. The van der Waals surface area contributed by atoms with Gasteiger partial charge in [0, 0.05) is 45.5 Å². The molecule has 3 N–H and O–H groups in total. The van der Waals surface area contributed by atoms with E-state index in [1.807, 2.05) is 24.3 Å². The molecule has 0 saturated carbocycles. The Morgan fingerprint density at radius 2 is 1.59 bits per heavy atom. The first-order chi connectivity index (χ1) is 13.2. The van der Waals surface area contributed by atoms with Gasteiger partial charge in [-0.05, 0) is 37.0 Å². The van der Waals surface area contributed by atoms with Gasteiger partial charge in [0.2, 0.25) is 0 Å². The molecular weight excluding hydrogens is 340 g/mol. The lowest BCUT2D eigenvalue weighted by Crippen LogP contribution is -2.37. The van der Waals surface area contributed by atoms with Crippen molar-refractivity contribution in [3.8, 4) is 0 Å². The van der Waals surface area contributed by atoms with Gasteiger partial charge < -0.3 is 20.7 Å². The van der Waals surface area contributed by atoms with E-state index < -0.39 is 0 Å². The number of carbonyl (C=O) groups excluding carboxylic acids is 1. The molecule has 6 nitrogen and oxygen atoms in total. The Labute approximate surface area is 164 Å². The fourth-order valence-corrected chi connectivity index (χ4v) is 2.39. The van der Waals surface area contributed by atoms with Crippen molar-refractivity contribution in [2.45, 2.75) is 52.5 Å². The highest BCUT2D eigenvalue weighted by atomic mass is 16.5. The average molecular weight is 377 g/mol. The summed E-state index contributed by atoms with van der Waals surface area (Å²) in [6.45, 7) is 8.09. The third kappa shape index (κ3) is 10.6. The largest absolute Gasteiger partial charge is 0.381 e. The first-order valence-corrected chi connectivity index (χ1v) is 10.1. The van der Waals surface area contributed by atoms with Gasteiger partial charge in [-0.15, -0.1) is 0 Å². The van der Waals surface area contributed by atoms with Crippen molar-refractivity contribution in [3.05, 3.63) is 35.4 Å². The molecule has 0 atom stereocenters. The molecule has 0 heterocycles. The van der Waals surface area contributed by atoms with E-state index in [2.05, 4.69) is 34.8 Å². The smallest absolute Gasteiger partial charge is 0.251 e. The van der Waals surface area contributed by atoms with Gasteiger partial charge in [0.15, 0.2) is 5.96 Å². The number of rotatable bonds is 13. The maximum absolute atomic E-state index is 12.0. The van der Waals surface area contributed by atoms with Crippen molar-refractivity contribution in [1.82, 2.24) is 16.0 Å². The molecule has 0 radical (unpaired) electrons. The van der Waals surface area contributed by atoms with Crippen LogP contribution in [0.4, 0.5) is 0 Å². The number of aliphatic imine (C=N–C) groups is 1. The molecule has 0 saturated heterocycles. The Balaban J connectivity index is 2.27. The van der Waals surface area contributed by atoms with Crippen LogP contribution in [0.5, 0.6) is 0 Å². The van der Waals surface area contributed by atoms with Crippen molar-refractivity contribution < 1.29 is 9.53 Å². The van der Waals surface area contributed by atoms with E-state index in [0.29, 0.717) is 12.1 Å². The molecule has 1 aromatic carbocycles. The summed E-state index contributed by atoms with van der Waals surface area (Å²) in [6, 6.07) is 7.66. The number of amides is 1. The standard InChI is InChI=1S/C21H36N4O2/c1-4-6-13-23-20(26)19-11-9-18(10-12-19)17-25-21(22-3)24-14-8-16-27-15-7-5-2/h9-12H,4-8,13-17H2,1-3H3,(H,23,26)(H2,22,24,25). The predicted octanol–water partition coefficient (Wildman–Crippen LogP) is 3.09. The minimum Gasteiger partial charge on any atom is -0.381 e. The number of hydrogen-bond acceptors (Lipinski definition) is 3. The van der Waals surface area contributed by atoms with Crippen LogP contribution < -0.4 is 16.0 Å². The molecule has 6 heteroatoms. The Kier molecular flexibility index (Phi) is 12.8. The number of nitrogens with zero attached hydrogens (tertiary/aromatic N) is 1. The van der Waals surface area contributed by atoms with Crippen molar-refractivity contribution in [3.63, 3.8) is 0 Å². The molecule has 1 aromatic rings. The van der Waals surface area contributed by atoms with E-state index in [4.69, 9.17) is 4.74 Å². The molecule has 0 aliphatic carbocycles. The van der Waals surface area contributed by atoms with Crippen LogP contribution in [0.25, 0.3) is 0 Å². The summed E-state index contributed by atoms with van der Waals surface area (Å²) in [4.78, 5) is 16.2. The van der Waals surface area contributed by atoms with Gasteiger partial charge in [0.1, 0.15) is 0 Å². The predicted molar refractivity (Wildman–Crippen MR) is 112 cm³/mol. The maximum Gasteiger partial charge on any atom is 0.251 e. The van der Waals surface area contributed by atoms with E-state index in [1.54, 1.807) is 7.05 Å². The third-order valence-electron chi connectivity index (χ3n) is 4.12. The van der Waals surface area contributed by atoms with Gasteiger partial charge in [-0.2, -0.15) is 0 Å². The van der Waals surface area contributed by atoms with Crippen LogP contribution in [0.3, 0.4) is 0 Å². The number of unbranched alkanes of at least 4 members (excludes halogenated alkanes) is 2. The molecule has 0 spiro atoms.